The lowest BCUT2D eigenvalue weighted by molar-refractivity contribution is 0.337. The molecule has 0 aromatic heterocycles. The number of hydrogen-bond acceptors (Lipinski definition) is 3. The molecule has 3 nitrogen and oxygen atoms in total. The maximum absolute atomic E-state index is 5.61. The molecule has 3 rings (SSSR count). The third kappa shape index (κ3) is 4.84. The zero-order chi connectivity index (χ0) is 14.2. The van der Waals surface area contributed by atoms with Gasteiger partial charge in [0.25, 0.3) is 0 Å². The highest BCUT2D eigenvalue weighted by atomic mass is 29.2. The fourth-order valence-electron chi connectivity index (χ4n) is 2.04. The maximum atomic E-state index is 5.61. The third-order valence-electron chi connectivity index (χ3n) is 3.23. The van der Waals surface area contributed by atoms with Crippen LogP contribution in [0.3, 0.4) is 0 Å². The molecule has 2 aromatic carbocycles. The number of rotatable bonds is 1. The molecule has 0 spiro atoms. The smallest absolute Gasteiger partial charge is 0.143 e. The number of anilines is 2. The van der Waals surface area contributed by atoms with Crippen molar-refractivity contribution in [3.63, 3.8) is 0 Å². The minimum Gasteiger partial charge on any atom is -0.428 e. The monoisotopic (exact) mass is 302 g/mol. The highest BCUT2D eigenvalue weighted by Gasteiger charge is 1.97. The Hall–Kier alpha value is -1.57. The molecule has 2 aromatic rings. The normalized spacial score (nSPS) is 16.6. The van der Waals surface area contributed by atoms with Crippen LogP contribution >= 0.6 is 0 Å². The fraction of sp³-hybridized carbons (Fsp3) is 0.200. The van der Waals surface area contributed by atoms with Gasteiger partial charge in [-0.1, -0.05) is 30.3 Å². The van der Waals surface area contributed by atoms with E-state index in [2.05, 4.69) is 0 Å². The molecule has 0 amide bonds. The van der Waals surface area contributed by atoms with E-state index in [4.69, 9.17) is 15.9 Å². The Labute approximate surface area is 124 Å². The molecule has 1 aliphatic rings. The highest BCUT2D eigenvalue weighted by Crippen LogP contribution is 2.21. The van der Waals surface area contributed by atoms with Gasteiger partial charge < -0.3 is 15.9 Å². The highest BCUT2D eigenvalue weighted by molar-refractivity contribution is 6.97. The Morgan fingerprint density at radius 3 is 1.55 bits per heavy atom. The summed E-state index contributed by atoms with van der Waals surface area (Å²) in [6.45, 7) is 1.10. The van der Waals surface area contributed by atoms with Gasteiger partial charge in [0.1, 0.15) is 9.28 Å². The molecule has 1 aliphatic heterocycles. The van der Waals surface area contributed by atoms with Gasteiger partial charge in [0.2, 0.25) is 0 Å². The van der Waals surface area contributed by atoms with Crippen LogP contribution in [0.2, 0.25) is 6.04 Å². The lowest BCUT2D eigenvalue weighted by Gasteiger charge is -2.07. The Kier molecular flexibility index (Phi) is 5.85. The number of nitrogen functional groups attached to an aromatic ring is 2. The van der Waals surface area contributed by atoms with E-state index in [1.54, 1.807) is 6.04 Å². The van der Waals surface area contributed by atoms with Crippen LogP contribution in [0.5, 0.6) is 0 Å². The molecule has 5 heteroatoms. The third-order valence-corrected chi connectivity index (χ3v) is 8.33. The lowest BCUT2D eigenvalue weighted by atomic mass is 10.1. The summed E-state index contributed by atoms with van der Waals surface area (Å²) in [5, 5.41) is 0. The first-order chi connectivity index (χ1) is 9.75. The van der Waals surface area contributed by atoms with Gasteiger partial charge in [-0.25, -0.2) is 0 Å². The van der Waals surface area contributed by atoms with Crippen LogP contribution in [-0.4, -0.2) is 24.9 Å². The Morgan fingerprint density at radius 2 is 1.30 bits per heavy atom. The van der Waals surface area contributed by atoms with E-state index in [-0.39, 0.29) is 9.28 Å². The van der Waals surface area contributed by atoms with Gasteiger partial charge >= 0.3 is 0 Å². The lowest BCUT2D eigenvalue weighted by Crippen LogP contribution is -2.15. The molecular formula is C15H22N2OSi2. The largest absolute Gasteiger partial charge is 0.428 e. The predicted octanol–water partition coefficient (Wildman–Crippen LogP) is 1.51. The van der Waals surface area contributed by atoms with Crippen molar-refractivity contribution in [2.24, 2.45) is 0 Å². The molecule has 0 saturated carbocycles. The molecule has 0 aliphatic carbocycles. The van der Waals surface area contributed by atoms with E-state index < -0.39 is 0 Å². The minimum absolute atomic E-state index is 0.147. The molecule has 4 N–H and O–H groups in total. The van der Waals surface area contributed by atoms with Crippen molar-refractivity contribution in [1.29, 1.82) is 0 Å². The molecule has 1 heterocycles. The van der Waals surface area contributed by atoms with E-state index in [0.717, 1.165) is 29.1 Å². The van der Waals surface area contributed by atoms with Gasteiger partial charge in [-0.15, -0.1) is 0 Å². The van der Waals surface area contributed by atoms with Crippen LogP contribution < -0.4 is 11.5 Å². The summed E-state index contributed by atoms with van der Waals surface area (Å²) in [4.78, 5) is 0. The van der Waals surface area contributed by atoms with Crippen LogP contribution in [0.4, 0.5) is 11.4 Å². The summed E-state index contributed by atoms with van der Waals surface area (Å²) in [7, 11) is 0.573. The molecule has 0 radical (unpaired) electrons. The SMILES string of the molecule is C1CO[SiH2][SiH2]C1.Nc1ccc(-c2ccc(N)cc2)cc1. The van der Waals surface area contributed by atoms with Crippen LogP contribution in [-0.2, 0) is 4.43 Å². The molecule has 106 valence electrons. The van der Waals surface area contributed by atoms with Crippen LogP contribution in [0, 0.1) is 0 Å². The molecule has 0 unspecified atom stereocenters. The first-order valence-corrected chi connectivity index (χ1v) is 12.6. The molecule has 0 bridgehead atoms. The molecular weight excluding hydrogens is 280 g/mol. The molecule has 1 saturated heterocycles. The van der Waals surface area contributed by atoms with Gasteiger partial charge in [-0.05, 0) is 41.8 Å². The average Bonchev–Trinajstić information content (AvgIpc) is 2.51. The predicted molar refractivity (Wildman–Crippen MR) is 93.2 cm³/mol. The van der Waals surface area contributed by atoms with Crippen LogP contribution in [0.15, 0.2) is 48.5 Å². The molecule has 1 fully saturated rings. The van der Waals surface area contributed by atoms with Crippen molar-refractivity contribution in [1.82, 2.24) is 0 Å². The zero-order valence-electron chi connectivity index (χ0n) is 11.7. The summed E-state index contributed by atoms with van der Waals surface area (Å²) < 4.78 is 5.27. The zero-order valence-corrected chi connectivity index (χ0v) is 14.5. The Bertz CT molecular complexity index is 455. The topological polar surface area (TPSA) is 61.3 Å². The first-order valence-electron chi connectivity index (χ1n) is 7.05. The number of hydrogen-bond donors (Lipinski definition) is 2. The maximum Gasteiger partial charge on any atom is 0.143 e. The second-order valence-electron chi connectivity index (χ2n) is 4.92. The second kappa shape index (κ2) is 7.89. The summed E-state index contributed by atoms with van der Waals surface area (Å²) >= 11 is 0. The van der Waals surface area contributed by atoms with Crippen molar-refractivity contribution in [3.8, 4) is 11.1 Å². The van der Waals surface area contributed by atoms with Crippen molar-refractivity contribution in [2.45, 2.75) is 12.5 Å². The van der Waals surface area contributed by atoms with Crippen LogP contribution in [0.1, 0.15) is 6.42 Å². The second-order valence-corrected chi connectivity index (χ2v) is 10.5. The summed E-state index contributed by atoms with van der Waals surface area (Å²) in [6.07, 6.45) is 1.37. The van der Waals surface area contributed by atoms with E-state index in [1.807, 2.05) is 48.5 Å². The van der Waals surface area contributed by atoms with E-state index in [1.165, 1.54) is 6.42 Å². The van der Waals surface area contributed by atoms with Gasteiger partial charge in [0, 0.05) is 27.0 Å². The average molecular weight is 303 g/mol. The van der Waals surface area contributed by atoms with Gasteiger partial charge in [-0.3, -0.25) is 0 Å². The van der Waals surface area contributed by atoms with Gasteiger partial charge in [-0.2, -0.15) is 0 Å². The summed E-state index contributed by atoms with van der Waals surface area (Å²) in [5.74, 6) is 0. The Morgan fingerprint density at radius 1 is 0.800 bits per heavy atom. The van der Waals surface area contributed by atoms with Gasteiger partial charge in [0.05, 0.1) is 0 Å². The van der Waals surface area contributed by atoms with Crippen molar-refractivity contribution in [2.75, 3.05) is 18.1 Å². The quantitative estimate of drug-likeness (QED) is 0.620. The van der Waals surface area contributed by atoms with Crippen LogP contribution in [0.25, 0.3) is 11.1 Å². The van der Waals surface area contributed by atoms with Gasteiger partial charge in [0.15, 0.2) is 0 Å². The Balaban J connectivity index is 0.000000205. The standard InChI is InChI=1S/C12H12N2.C3H10OSi2/c13-11-5-1-9(2-6-11)10-3-7-12(14)8-4-10;1-2-4-6-5-3-1/h1-8H,13-14H2;1-3,5-6H2. The fourth-order valence-corrected chi connectivity index (χ4v) is 6.31. The molecule has 20 heavy (non-hydrogen) atoms. The van der Waals surface area contributed by atoms with E-state index in [0.29, 0.717) is 9.04 Å². The number of benzene rings is 2. The van der Waals surface area contributed by atoms with E-state index >= 15 is 0 Å². The summed E-state index contributed by atoms with van der Waals surface area (Å²) in [6, 6.07) is 17.2. The minimum atomic E-state index is 0.147. The number of nitrogens with two attached hydrogens (primary N) is 2. The van der Waals surface area contributed by atoms with Crippen molar-refractivity contribution >= 4 is 29.7 Å². The first kappa shape index (κ1) is 14.8. The van der Waals surface area contributed by atoms with Crippen molar-refractivity contribution < 1.29 is 4.43 Å². The van der Waals surface area contributed by atoms with Crippen molar-refractivity contribution in [3.05, 3.63) is 48.5 Å². The molecule has 0 atom stereocenters. The van der Waals surface area contributed by atoms with E-state index in [9.17, 15) is 0 Å². The summed E-state index contributed by atoms with van der Waals surface area (Å²) in [5.41, 5.74) is 15.1.